The SMILES string of the molecule is Cc1nonc1CNc1nc2nc(-c3nc(=O)o[nH]3)nc(N[C@H](C)C3CCC3)c2n1C[C@H]1CC[C@H](C)CC1. The molecule has 2 fully saturated rings. The lowest BCUT2D eigenvalue weighted by Gasteiger charge is -2.32. The molecule has 0 bridgehead atoms. The van der Waals surface area contributed by atoms with E-state index in [1.807, 2.05) is 6.92 Å². The third kappa shape index (κ3) is 4.88. The zero-order valence-electron chi connectivity index (χ0n) is 22.0. The van der Waals surface area contributed by atoms with Crippen LogP contribution in [0.25, 0.3) is 22.8 Å². The third-order valence-corrected chi connectivity index (χ3v) is 8.21. The average Bonchev–Trinajstić information content (AvgIpc) is 3.56. The van der Waals surface area contributed by atoms with Crippen LogP contribution in [0.4, 0.5) is 11.8 Å². The van der Waals surface area contributed by atoms with E-state index >= 15 is 0 Å². The van der Waals surface area contributed by atoms with E-state index in [0.29, 0.717) is 35.8 Å². The summed E-state index contributed by atoms with van der Waals surface area (Å²) in [7, 11) is 0. The maximum absolute atomic E-state index is 11.6. The van der Waals surface area contributed by atoms with Crippen LogP contribution in [-0.4, -0.2) is 46.0 Å². The maximum atomic E-state index is 11.6. The zero-order valence-corrected chi connectivity index (χ0v) is 22.0. The first kappa shape index (κ1) is 24.6. The number of aromatic amines is 1. The lowest BCUT2D eigenvalue weighted by atomic mass is 9.80. The molecule has 3 N–H and O–H groups in total. The summed E-state index contributed by atoms with van der Waals surface area (Å²) in [4.78, 5) is 29.9. The van der Waals surface area contributed by atoms with Crippen LogP contribution in [0.2, 0.25) is 0 Å². The van der Waals surface area contributed by atoms with Crippen LogP contribution in [-0.2, 0) is 13.1 Å². The first-order chi connectivity index (χ1) is 18.4. The van der Waals surface area contributed by atoms with Crippen LogP contribution in [0.15, 0.2) is 13.9 Å². The van der Waals surface area contributed by atoms with Crippen LogP contribution < -0.4 is 16.4 Å². The molecule has 0 spiro atoms. The van der Waals surface area contributed by atoms with Crippen molar-refractivity contribution in [3.63, 3.8) is 0 Å². The highest BCUT2D eigenvalue weighted by atomic mass is 16.6. The monoisotopic (exact) mass is 522 g/mol. The van der Waals surface area contributed by atoms with Gasteiger partial charge in [0, 0.05) is 12.6 Å². The standard InChI is InChI=1S/C25H34N10O3/c1-13-7-9-16(10-8-13)12-35-19-20(27-14(2)17-5-4-6-17)28-22(23-31-25(36)37-34-23)29-21(19)30-24(35)26-11-18-15(3)32-38-33-18/h13-14,16-17H,4-12H2,1-3H3,(H,31,34,36)(H2,26,27,28,29,30)/t13-,14-,16-/m1/s1. The van der Waals surface area contributed by atoms with Crippen molar-refractivity contribution in [2.75, 3.05) is 10.6 Å². The van der Waals surface area contributed by atoms with Crippen LogP contribution in [0.3, 0.4) is 0 Å². The second-order valence-corrected chi connectivity index (χ2v) is 10.9. The minimum absolute atomic E-state index is 0.172. The molecule has 2 aliphatic carbocycles. The molecule has 38 heavy (non-hydrogen) atoms. The summed E-state index contributed by atoms with van der Waals surface area (Å²) in [6.07, 6.45) is 8.46. The van der Waals surface area contributed by atoms with Crippen molar-refractivity contribution in [2.45, 2.75) is 84.8 Å². The smallest absolute Gasteiger partial charge is 0.365 e. The first-order valence-electron chi connectivity index (χ1n) is 13.6. The fourth-order valence-electron chi connectivity index (χ4n) is 5.50. The highest BCUT2D eigenvalue weighted by Crippen LogP contribution is 2.35. The predicted octanol–water partition coefficient (Wildman–Crippen LogP) is 3.90. The minimum Gasteiger partial charge on any atom is -0.365 e. The van der Waals surface area contributed by atoms with Gasteiger partial charge >= 0.3 is 5.76 Å². The Morgan fingerprint density at radius 2 is 1.89 bits per heavy atom. The van der Waals surface area contributed by atoms with E-state index in [1.54, 1.807) is 0 Å². The van der Waals surface area contributed by atoms with Crippen molar-refractivity contribution >= 4 is 22.9 Å². The van der Waals surface area contributed by atoms with Crippen molar-refractivity contribution in [3.05, 3.63) is 21.9 Å². The molecule has 202 valence electrons. The van der Waals surface area contributed by atoms with Crippen LogP contribution in [0.5, 0.6) is 0 Å². The van der Waals surface area contributed by atoms with Gasteiger partial charge in [-0.3, -0.25) is 0 Å². The molecule has 0 unspecified atom stereocenters. The molecule has 0 radical (unpaired) electrons. The maximum Gasteiger partial charge on any atom is 0.460 e. The zero-order chi connectivity index (χ0) is 26.2. The Kier molecular flexibility index (Phi) is 6.58. The van der Waals surface area contributed by atoms with Gasteiger partial charge in [0.25, 0.3) is 0 Å². The molecule has 6 rings (SSSR count). The van der Waals surface area contributed by atoms with Crippen LogP contribution >= 0.6 is 0 Å². The molecular formula is C25H34N10O3. The summed E-state index contributed by atoms with van der Waals surface area (Å²) in [6.45, 7) is 7.60. The van der Waals surface area contributed by atoms with Gasteiger partial charge in [-0.1, -0.05) is 36.5 Å². The van der Waals surface area contributed by atoms with Gasteiger partial charge in [0.05, 0.1) is 6.54 Å². The number of rotatable bonds is 9. The number of hydrogen-bond donors (Lipinski definition) is 3. The Morgan fingerprint density at radius 1 is 1.08 bits per heavy atom. The summed E-state index contributed by atoms with van der Waals surface area (Å²) >= 11 is 0. The number of nitrogens with one attached hydrogen (secondary N) is 3. The Bertz CT molecular complexity index is 1460. The Labute approximate surface area is 219 Å². The third-order valence-electron chi connectivity index (χ3n) is 8.21. The van der Waals surface area contributed by atoms with E-state index in [2.05, 4.69) is 49.5 Å². The Balaban J connectivity index is 1.43. The number of anilines is 2. The molecule has 4 heterocycles. The number of aryl methyl sites for hydroxylation is 1. The number of H-pyrrole nitrogens is 1. The van der Waals surface area contributed by atoms with Gasteiger partial charge < -0.3 is 19.7 Å². The highest BCUT2D eigenvalue weighted by molar-refractivity contribution is 5.87. The van der Waals surface area contributed by atoms with Crippen molar-refractivity contribution in [3.8, 4) is 11.6 Å². The summed E-state index contributed by atoms with van der Waals surface area (Å²) in [5, 5.41) is 17.5. The van der Waals surface area contributed by atoms with Crippen LogP contribution in [0.1, 0.15) is 70.2 Å². The van der Waals surface area contributed by atoms with E-state index in [-0.39, 0.29) is 17.7 Å². The van der Waals surface area contributed by atoms with E-state index in [1.165, 1.54) is 44.9 Å². The second-order valence-electron chi connectivity index (χ2n) is 10.9. The molecule has 13 heteroatoms. The topological polar surface area (TPSA) is 165 Å². The van der Waals surface area contributed by atoms with Crippen molar-refractivity contribution in [2.24, 2.45) is 17.8 Å². The highest BCUT2D eigenvalue weighted by Gasteiger charge is 2.28. The molecule has 0 saturated heterocycles. The van der Waals surface area contributed by atoms with Gasteiger partial charge in [-0.25, -0.2) is 19.4 Å². The number of fused-ring (bicyclic) bond motifs is 1. The molecule has 13 nitrogen and oxygen atoms in total. The Hall–Kier alpha value is -3.77. The summed E-state index contributed by atoms with van der Waals surface area (Å²) in [5.41, 5.74) is 2.81. The second kappa shape index (κ2) is 10.2. The largest absolute Gasteiger partial charge is 0.460 e. The minimum atomic E-state index is -0.725. The number of hydrogen-bond acceptors (Lipinski definition) is 11. The van der Waals surface area contributed by atoms with Gasteiger partial charge in [0.15, 0.2) is 11.5 Å². The fraction of sp³-hybridized carbons (Fsp3) is 0.640. The van der Waals surface area contributed by atoms with Crippen molar-refractivity contribution in [1.82, 2.24) is 40.0 Å². The van der Waals surface area contributed by atoms with Gasteiger partial charge in [-0.2, -0.15) is 10.1 Å². The van der Waals surface area contributed by atoms with E-state index in [9.17, 15) is 4.79 Å². The summed E-state index contributed by atoms with van der Waals surface area (Å²) in [5.74, 6) is 2.95. The summed E-state index contributed by atoms with van der Waals surface area (Å²) in [6, 6.07) is 0.227. The first-order valence-corrected chi connectivity index (χ1v) is 13.6. The van der Waals surface area contributed by atoms with Crippen molar-refractivity contribution < 1.29 is 9.15 Å². The van der Waals surface area contributed by atoms with Crippen LogP contribution in [0, 0.1) is 24.7 Å². The van der Waals surface area contributed by atoms with E-state index in [0.717, 1.165) is 29.4 Å². The lowest BCUT2D eigenvalue weighted by Crippen LogP contribution is -2.31. The lowest BCUT2D eigenvalue weighted by molar-refractivity contribution is 0.267. The molecule has 4 aromatic rings. The Morgan fingerprint density at radius 3 is 2.55 bits per heavy atom. The summed E-state index contributed by atoms with van der Waals surface area (Å²) < 4.78 is 11.9. The predicted molar refractivity (Wildman–Crippen MR) is 139 cm³/mol. The van der Waals surface area contributed by atoms with Gasteiger partial charge in [0.2, 0.25) is 17.6 Å². The van der Waals surface area contributed by atoms with E-state index in [4.69, 9.17) is 24.1 Å². The number of imidazole rings is 1. The fourth-order valence-corrected chi connectivity index (χ4v) is 5.50. The molecule has 0 aliphatic heterocycles. The quantitative estimate of drug-likeness (QED) is 0.292. The molecule has 0 amide bonds. The number of nitrogens with zero attached hydrogens (tertiary/aromatic N) is 7. The van der Waals surface area contributed by atoms with E-state index < -0.39 is 5.76 Å². The van der Waals surface area contributed by atoms with Gasteiger partial charge in [-0.05, 0) is 57.3 Å². The van der Waals surface area contributed by atoms with Crippen molar-refractivity contribution in [1.29, 1.82) is 0 Å². The molecular weight excluding hydrogens is 488 g/mol. The molecule has 2 aliphatic rings. The number of aromatic nitrogens is 8. The molecule has 4 aromatic heterocycles. The molecule has 0 aromatic carbocycles. The average molecular weight is 523 g/mol. The van der Waals surface area contributed by atoms with Gasteiger partial charge in [-0.15, -0.1) is 4.98 Å². The normalized spacial score (nSPS) is 20.9. The van der Waals surface area contributed by atoms with Gasteiger partial charge in [0.1, 0.15) is 16.9 Å². The molecule has 2 saturated carbocycles. The molecule has 1 atom stereocenters.